The number of allylic oxidation sites excluding steroid dienone is 3. The van der Waals surface area contributed by atoms with Gasteiger partial charge >= 0.3 is 0 Å². The number of nitrogens with two attached hydrogens (primary N) is 1. The van der Waals surface area contributed by atoms with Crippen molar-refractivity contribution in [1.82, 2.24) is 0 Å². The third-order valence-corrected chi connectivity index (χ3v) is 8.60. The Balaban J connectivity index is 2.00. The van der Waals surface area contributed by atoms with E-state index in [1.807, 2.05) is 41.5 Å². The van der Waals surface area contributed by atoms with Crippen LogP contribution in [-0.4, -0.2) is 11.5 Å². The molecule has 2 aromatic rings. The molecule has 0 fully saturated rings. The molecule has 0 saturated carbocycles. The summed E-state index contributed by atoms with van der Waals surface area (Å²) >= 11 is 9.83. The third kappa shape index (κ3) is 3.87. The van der Waals surface area contributed by atoms with Crippen molar-refractivity contribution < 1.29 is 4.79 Å². The first-order chi connectivity index (χ1) is 15.2. The number of Topliss-reactive ketones (excluding diaryl/α,β-unsaturated/α-hetero) is 1. The zero-order valence-corrected chi connectivity index (χ0v) is 21.0. The van der Waals surface area contributed by atoms with Crippen molar-refractivity contribution in [3.05, 3.63) is 68.5 Å². The van der Waals surface area contributed by atoms with Crippen molar-refractivity contribution in [2.45, 2.75) is 50.7 Å². The molecule has 1 unspecified atom stereocenters. The van der Waals surface area contributed by atoms with E-state index in [0.29, 0.717) is 34.8 Å². The Kier molecular flexibility index (Phi) is 6.19. The van der Waals surface area contributed by atoms with Gasteiger partial charge < -0.3 is 5.73 Å². The first kappa shape index (κ1) is 23.0. The number of hydrogen-bond acceptors (Lipinski definition) is 6. The van der Waals surface area contributed by atoms with Gasteiger partial charge in [-0.2, -0.15) is 5.26 Å². The molecule has 4 rings (SSSR count). The molecule has 1 aliphatic heterocycles. The molecule has 2 heterocycles. The third-order valence-electron chi connectivity index (χ3n) is 6.04. The number of aryl methyl sites for hydroxylation is 1. The maximum atomic E-state index is 13.6. The van der Waals surface area contributed by atoms with Crippen LogP contribution in [0.25, 0.3) is 0 Å². The molecule has 32 heavy (non-hydrogen) atoms. The Bertz CT molecular complexity index is 1200. The standard InChI is InChI=1S/C25H26ClN3OS2/c1-5-31-24-16(8-9-32-24)21-17(13-27)23(28)29(15-7-6-14(2)18(26)10-15)19-11-25(3,4)12-20(30)22(19)21/h6-10,21H,5,11-12,28H2,1-4H3. The van der Waals surface area contributed by atoms with Gasteiger partial charge in [0.15, 0.2) is 5.78 Å². The zero-order valence-electron chi connectivity index (χ0n) is 18.7. The molecule has 0 radical (unpaired) electrons. The summed E-state index contributed by atoms with van der Waals surface area (Å²) in [4.78, 5) is 15.5. The van der Waals surface area contributed by atoms with Gasteiger partial charge in [-0.3, -0.25) is 9.69 Å². The lowest BCUT2D eigenvalue weighted by molar-refractivity contribution is -0.118. The summed E-state index contributed by atoms with van der Waals surface area (Å²) in [7, 11) is 0. The van der Waals surface area contributed by atoms with Gasteiger partial charge in [0.2, 0.25) is 0 Å². The predicted molar refractivity (Wildman–Crippen MR) is 134 cm³/mol. The molecule has 4 nitrogen and oxygen atoms in total. The lowest BCUT2D eigenvalue weighted by atomic mass is 9.69. The van der Waals surface area contributed by atoms with E-state index in [2.05, 4.69) is 26.8 Å². The number of hydrogen-bond donors (Lipinski definition) is 1. The molecule has 1 aromatic heterocycles. The van der Waals surface area contributed by atoms with Crippen molar-refractivity contribution in [2.24, 2.45) is 11.1 Å². The summed E-state index contributed by atoms with van der Waals surface area (Å²) in [6, 6.07) is 10.1. The molecule has 0 bridgehead atoms. The first-order valence-electron chi connectivity index (χ1n) is 10.6. The molecule has 1 aliphatic carbocycles. The van der Waals surface area contributed by atoms with Gasteiger partial charge in [0.25, 0.3) is 0 Å². The molecule has 0 spiro atoms. The minimum absolute atomic E-state index is 0.0864. The largest absolute Gasteiger partial charge is 0.384 e. The van der Waals surface area contributed by atoms with E-state index in [1.165, 1.54) is 0 Å². The summed E-state index contributed by atoms with van der Waals surface area (Å²) in [5.41, 5.74) is 11.2. The first-order valence-corrected chi connectivity index (χ1v) is 12.8. The van der Waals surface area contributed by atoms with E-state index in [4.69, 9.17) is 17.3 Å². The van der Waals surface area contributed by atoms with Crippen LogP contribution in [0.3, 0.4) is 0 Å². The minimum Gasteiger partial charge on any atom is -0.384 e. The molecule has 7 heteroatoms. The number of halogens is 1. The Labute approximate surface area is 202 Å². The van der Waals surface area contributed by atoms with Crippen molar-refractivity contribution in [1.29, 1.82) is 5.26 Å². The Morgan fingerprint density at radius 2 is 2.09 bits per heavy atom. The zero-order chi connectivity index (χ0) is 23.2. The number of nitriles is 1. The van der Waals surface area contributed by atoms with E-state index >= 15 is 0 Å². The van der Waals surface area contributed by atoms with Gasteiger partial charge in [0, 0.05) is 28.4 Å². The van der Waals surface area contributed by atoms with Crippen LogP contribution in [0.4, 0.5) is 5.69 Å². The number of rotatable bonds is 4. The quantitative estimate of drug-likeness (QED) is 0.486. The van der Waals surface area contributed by atoms with Crippen LogP contribution in [-0.2, 0) is 4.79 Å². The summed E-state index contributed by atoms with van der Waals surface area (Å²) < 4.78 is 1.13. The normalized spacial score (nSPS) is 20.4. The number of thioether (sulfide) groups is 1. The van der Waals surface area contributed by atoms with Crippen molar-refractivity contribution in [2.75, 3.05) is 10.7 Å². The second-order valence-corrected chi connectivity index (χ2v) is 11.9. The van der Waals surface area contributed by atoms with E-state index in [9.17, 15) is 10.1 Å². The van der Waals surface area contributed by atoms with Crippen molar-refractivity contribution in [3.8, 4) is 6.07 Å². The van der Waals surface area contributed by atoms with Crippen LogP contribution in [0.2, 0.25) is 5.02 Å². The number of benzene rings is 1. The monoisotopic (exact) mass is 483 g/mol. The van der Waals surface area contributed by atoms with Gasteiger partial charge in [-0.25, -0.2) is 0 Å². The molecule has 0 saturated heterocycles. The van der Waals surface area contributed by atoms with E-state index < -0.39 is 5.92 Å². The van der Waals surface area contributed by atoms with Gasteiger partial charge in [0.1, 0.15) is 5.82 Å². The topological polar surface area (TPSA) is 70.1 Å². The summed E-state index contributed by atoms with van der Waals surface area (Å²) in [5.74, 6) is 0.946. The number of thiophene rings is 1. The summed E-state index contributed by atoms with van der Waals surface area (Å²) in [5, 5.41) is 12.9. The highest BCUT2D eigenvalue weighted by Gasteiger charge is 2.45. The number of carbonyl (C=O) groups excluding carboxylic acids is 1. The fraction of sp³-hybridized carbons (Fsp3) is 0.360. The van der Waals surface area contributed by atoms with Gasteiger partial charge in [-0.05, 0) is 59.2 Å². The molecule has 1 aromatic carbocycles. The molecular formula is C25H26ClN3OS2. The number of anilines is 1. The Morgan fingerprint density at radius 3 is 2.75 bits per heavy atom. The number of ketones is 1. The maximum Gasteiger partial charge on any atom is 0.162 e. The summed E-state index contributed by atoms with van der Waals surface area (Å²) in [6.07, 6.45) is 1.14. The number of carbonyl (C=O) groups is 1. The minimum atomic E-state index is -0.434. The van der Waals surface area contributed by atoms with Gasteiger partial charge in [-0.1, -0.05) is 38.4 Å². The average molecular weight is 484 g/mol. The van der Waals surface area contributed by atoms with Gasteiger partial charge in [-0.15, -0.1) is 23.1 Å². The van der Waals surface area contributed by atoms with Crippen molar-refractivity contribution in [3.63, 3.8) is 0 Å². The van der Waals surface area contributed by atoms with Gasteiger partial charge in [0.05, 0.1) is 21.8 Å². The SMILES string of the molecule is CCSc1sccc1C1C(C#N)=C(N)N(c2ccc(C)c(Cl)c2)C2=C1C(=O)CC(C)(C)C2. The molecule has 1 atom stereocenters. The molecule has 0 amide bonds. The fourth-order valence-electron chi connectivity index (χ4n) is 4.60. The van der Waals surface area contributed by atoms with Crippen LogP contribution in [0, 0.1) is 23.7 Å². The van der Waals surface area contributed by atoms with Crippen LogP contribution in [0.5, 0.6) is 0 Å². The molecule has 2 N–H and O–H groups in total. The van der Waals surface area contributed by atoms with E-state index in [1.54, 1.807) is 23.1 Å². The van der Waals surface area contributed by atoms with Crippen LogP contribution in [0.1, 0.15) is 50.7 Å². The van der Waals surface area contributed by atoms with E-state index in [0.717, 1.165) is 32.5 Å². The highest BCUT2D eigenvalue weighted by atomic mass is 35.5. The number of nitrogens with zero attached hydrogens (tertiary/aromatic N) is 2. The van der Waals surface area contributed by atoms with E-state index in [-0.39, 0.29) is 11.2 Å². The second kappa shape index (κ2) is 8.62. The molecular weight excluding hydrogens is 458 g/mol. The second-order valence-electron chi connectivity index (χ2n) is 9.01. The van der Waals surface area contributed by atoms with Crippen LogP contribution >= 0.6 is 34.7 Å². The fourth-order valence-corrected chi connectivity index (χ4v) is 6.85. The summed E-state index contributed by atoms with van der Waals surface area (Å²) in [6.45, 7) is 8.26. The predicted octanol–water partition coefficient (Wildman–Crippen LogP) is 6.76. The van der Waals surface area contributed by atoms with Crippen LogP contribution in [0.15, 0.2) is 56.5 Å². The lowest BCUT2D eigenvalue weighted by Gasteiger charge is -2.43. The maximum absolute atomic E-state index is 13.6. The average Bonchev–Trinajstić information content (AvgIpc) is 3.17. The van der Waals surface area contributed by atoms with Crippen LogP contribution < -0.4 is 10.6 Å². The Morgan fingerprint density at radius 1 is 1.34 bits per heavy atom. The smallest absolute Gasteiger partial charge is 0.162 e. The molecule has 2 aliphatic rings. The lowest BCUT2D eigenvalue weighted by Crippen LogP contribution is -2.42. The van der Waals surface area contributed by atoms with Crippen molar-refractivity contribution >= 4 is 46.2 Å². The Hall–Kier alpha value is -2.20. The highest BCUT2D eigenvalue weighted by molar-refractivity contribution is 8.01. The highest BCUT2D eigenvalue weighted by Crippen LogP contribution is 2.52. The molecule has 166 valence electrons.